The number of sulfonamides is 1. The molecule has 2 rings (SSSR count). The molecule has 1 heterocycles. The number of carbonyl (C=O) groups is 1. The van der Waals surface area contributed by atoms with Crippen LogP contribution in [0.5, 0.6) is 0 Å². The minimum Gasteiger partial charge on any atom is -0.398 e. The fraction of sp³-hybridized carbons (Fsp3) is 0.417. The molecule has 1 aromatic rings. The summed E-state index contributed by atoms with van der Waals surface area (Å²) in [6, 6.07) is 3.11. The van der Waals surface area contributed by atoms with E-state index >= 15 is 0 Å². The van der Waals surface area contributed by atoms with Crippen molar-refractivity contribution in [1.82, 2.24) is 4.31 Å². The number of nitrogen functional groups attached to an aromatic ring is 1. The number of halogens is 1. The molecule has 1 unspecified atom stereocenters. The molecular weight excluding hydrogens is 346 g/mol. The van der Waals surface area contributed by atoms with E-state index in [1.807, 2.05) is 0 Å². The number of carbonyl (C=O) groups excluding carboxylic acids is 1. The third kappa shape index (κ3) is 2.68. The van der Waals surface area contributed by atoms with Crippen molar-refractivity contribution < 1.29 is 13.2 Å². The van der Waals surface area contributed by atoms with Gasteiger partial charge in [-0.25, -0.2) is 8.42 Å². The molecule has 0 radical (unpaired) electrons. The van der Waals surface area contributed by atoms with Gasteiger partial charge in [-0.15, -0.1) is 0 Å². The van der Waals surface area contributed by atoms with Crippen molar-refractivity contribution in [3.8, 4) is 0 Å². The minimum atomic E-state index is -3.65. The molecular formula is C12H16BrN3O3S. The van der Waals surface area contributed by atoms with Gasteiger partial charge in [-0.1, -0.05) is 0 Å². The van der Waals surface area contributed by atoms with Crippen molar-refractivity contribution in [2.24, 2.45) is 11.7 Å². The highest BCUT2D eigenvalue weighted by Gasteiger charge is 2.35. The van der Waals surface area contributed by atoms with Crippen molar-refractivity contribution in [3.63, 3.8) is 0 Å². The molecule has 0 spiro atoms. The van der Waals surface area contributed by atoms with E-state index in [1.54, 1.807) is 13.0 Å². The third-order valence-electron chi connectivity index (χ3n) is 3.47. The maximum Gasteiger partial charge on any atom is 0.243 e. The van der Waals surface area contributed by atoms with Crippen LogP contribution in [0.2, 0.25) is 0 Å². The van der Waals surface area contributed by atoms with Crippen LogP contribution in [0.3, 0.4) is 0 Å². The van der Waals surface area contributed by atoms with Gasteiger partial charge in [-0.2, -0.15) is 4.31 Å². The molecule has 1 aromatic carbocycles. The molecule has 1 aliphatic heterocycles. The molecule has 0 bridgehead atoms. The Bertz CT molecular complexity index is 660. The molecule has 1 aliphatic rings. The molecule has 4 N–H and O–H groups in total. The lowest BCUT2D eigenvalue weighted by Gasteiger charge is -2.18. The Kier molecular flexibility index (Phi) is 4.08. The first-order valence-electron chi connectivity index (χ1n) is 6.08. The first-order chi connectivity index (χ1) is 9.23. The predicted molar refractivity (Wildman–Crippen MR) is 79.4 cm³/mol. The van der Waals surface area contributed by atoms with E-state index in [2.05, 4.69) is 15.9 Å². The quantitative estimate of drug-likeness (QED) is 0.777. The Labute approximate surface area is 126 Å². The second-order valence-electron chi connectivity index (χ2n) is 4.89. The Morgan fingerprint density at radius 3 is 2.65 bits per heavy atom. The Morgan fingerprint density at radius 1 is 1.45 bits per heavy atom. The zero-order valence-electron chi connectivity index (χ0n) is 11.0. The summed E-state index contributed by atoms with van der Waals surface area (Å²) in [6.45, 7) is 2.14. The van der Waals surface area contributed by atoms with E-state index in [9.17, 15) is 13.2 Å². The normalized spacial score (nSPS) is 20.2. The van der Waals surface area contributed by atoms with Gasteiger partial charge in [0, 0.05) is 23.2 Å². The summed E-state index contributed by atoms with van der Waals surface area (Å²) in [4.78, 5) is 11.3. The van der Waals surface area contributed by atoms with E-state index in [0.29, 0.717) is 28.7 Å². The Morgan fingerprint density at radius 2 is 2.10 bits per heavy atom. The Balaban J connectivity index is 2.37. The van der Waals surface area contributed by atoms with Crippen molar-refractivity contribution in [1.29, 1.82) is 0 Å². The molecule has 0 aliphatic carbocycles. The summed E-state index contributed by atoms with van der Waals surface area (Å²) in [7, 11) is -3.65. The number of benzene rings is 1. The zero-order chi connectivity index (χ0) is 15.1. The summed E-state index contributed by atoms with van der Waals surface area (Å²) < 4.78 is 27.1. The van der Waals surface area contributed by atoms with Crippen LogP contribution in [-0.2, 0) is 14.8 Å². The van der Waals surface area contributed by atoms with Crippen LogP contribution in [-0.4, -0.2) is 31.7 Å². The summed E-state index contributed by atoms with van der Waals surface area (Å²) in [5.41, 5.74) is 12.0. The van der Waals surface area contributed by atoms with Crippen LogP contribution >= 0.6 is 15.9 Å². The van der Waals surface area contributed by atoms with Gasteiger partial charge >= 0.3 is 0 Å². The van der Waals surface area contributed by atoms with Crippen LogP contribution in [0.4, 0.5) is 5.69 Å². The number of nitrogens with zero attached hydrogens (tertiary/aromatic N) is 1. The summed E-state index contributed by atoms with van der Waals surface area (Å²) >= 11 is 3.26. The molecule has 20 heavy (non-hydrogen) atoms. The van der Waals surface area contributed by atoms with E-state index in [1.165, 1.54) is 10.4 Å². The SMILES string of the molecule is Cc1cc(Br)c(N)cc1S(=O)(=O)N1CCC(C(N)=O)C1. The number of aryl methyl sites for hydroxylation is 1. The molecule has 0 aromatic heterocycles. The minimum absolute atomic E-state index is 0.132. The lowest BCUT2D eigenvalue weighted by Crippen LogP contribution is -2.32. The van der Waals surface area contributed by atoms with Gasteiger partial charge in [0.25, 0.3) is 0 Å². The first-order valence-corrected chi connectivity index (χ1v) is 8.32. The van der Waals surface area contributed by atoms with Crippen molar-refractivity contribution in [3.05, 3.63) is 22.2 Å². The summed E-state index contributed by atoms with van der Waals surface area (Å²) in [5, 5.41) is 0. The molecule has 1 amide bonds. The maximum absolute atomic E-state index is 12.6. The highest BCUT2D eigenvalue weighted by Crippen LogP contribution is 2.30. The van der Waals surface area contributed by atoms with Gasteiger partial charge in [0.2, 0.25) is 15.9 Å². The van der Waals surface area contributed by atoms with Crippen molar-refractivity contribution in [2.45, 2.75) is 18.2 Å². The van der Waals surface area contributed by atoms with Crippen molar-refractivity contribution >= 4 is 37.5 Å². The lowest BCUT2D eigenvalue weighted by molar-refractivity contribution is -0.121. The second-order valence-corrected chi connectivity index (χ2v) is 7.65. The number of anilines is 1. The van der Waals surface area contributed by atoms with E-state index in [-0.39, 0.29) is 11.4 Å². The topological polar surface area (TPSA) is 106 Å². The van der Waals surface area contributed by atoms with Gasteiger partial charge in [-0.05, 0) is 47.0 Å². The average Bonchev–Trinajstić information content (AvgIpc) is 2.83. The van der Waals surface area contributed by atoms with Gasteiger partial charge < -0.3 is 11.5 Å². The standard InChI is InChI=1S/C12H16BrN3O3S/c1-7-4-9(13)10(14)5-11(7)20(18,19)16-3-2-8(6-16)12(15)17/h4-5,8H,2-3,6,14H2,1H3,(H2,15,17). The number of nitrogens with two attached hydrogens (primary N) is 2. The smallest absolute Gasteiger partial charge is 0.243 e. The number of hydrogen-bond donors (Lipinski definition) is 2. The molecule has 6 nitrogen and oxygen atoms in total. The monoisotopic (exact) mass is 361 g/mol. The summed E-state index contributed by atoms with van der Waals surface area (Å²) in [6.07, 6.45) is 0.458. The van der Waals surface area contributed by atoms with Gasteiger partial charge in [0.1, 0.15) is 0 Å². The van der Waals surface area contributed by atoms with Crippen LogP contribution in [0.15, 0.2) is 21.5 Å². The van der Waals surface area contributed by atoms with Gasteiger partial charge in [0.15, 0.2) is 0 Å². The fourth-order valence-corrected chi connectivity index (χ4v) is 4.46. The molecule has 0 saturated carbocycles. The van der Waals surface area contributed by atoms with Crippen molar-refractivity contribution in [2.75, 3.05) is 18.8 Å². The van der Waals surface area contributed by atoms with Crippen LogP contribution in [0.25, 0.3) is 0 Å². The van der Waals surface area contributed by atoms with Crippen LogP contribution < -0.4 is 11.5 Å². The predicted octanol–water partition coefficient (Wildman–Crippen LogP) is 0.836. The van der Waals surface area contributed by atoms with Gasteiger partial charge in [0.05, 0.1) is 10.8 Å². The molecule has 1 atom stereocenters. The Hall–Kier alpha value is -1.12. The first kappa shape index (κ1) is 15.3. The number of hydrogen-bond acceptors (Lipinski definition) is 4. The highest BCUT2D eigenvalue weighted by molar-refractivity contribution is 9.10. The maximum atomic E-state index is 12.6. The van der Waals surface area contributed by atoms with Crippen LogP contribution in [0.1, 0.15) is 12.0 Å². The average molecular weight is 362 g/mol. The third-order valence-corrected chi connectivity index (χ3v) is 6.16. The molecule has 110 valence electrons. The van der Waals surface area contributed by atoms with Crippen LogP contribution in [0, 0.1) is 12.8 Å². The second kappa shape index (κ2) is 5.34. The number of amides is 1. The summed E-state index contributed by atoms with van der Waals surface area (Å²) in [5.74, 6) is -0.882. The molecule has 8 heteroatoms. The number of primary amides is 1. The lowest BCUT2D eigenvalue weighted by atomic mass is 10.1. The van der Waals surface area contributed by atoms with E-state index < -0.39 is 21.8 Å². The molecule has 1 saturated heterocycles. The highest BCUT2D eigenvalue weighted by atomic mass is 79.9. The number of rotatable bonds is 3. The fourth-order valence-electron chi connectivity index (χ4n) is 2.26. The largest absolute Gasteiger partial charge is 0.398 e. The molecule has 1 fully saturated rings. The zero-order valence-corrected chi connectivity index (χ0v) is 13.4. The van der Waals surface area contributed by atoms with E-state index in [0.717, 1.165) is 0 Å². The van der Waals surface area contributed by atoms with Gasteiger partial charge in [-0.3, -0.25) is 4.79 Å². The van der Waals surface area contributed by atoms with E-state index in [4.69, 9.17) is 11.5 Å².